The summed E-state index contributed by atoms with van der Waals surface area (Å²) in [5.41, 5.74) is 9.91. The summed E-state index contributed by atoms with van der Waals surface area (Å²) in [6.45, 7) is 2.94. The first-order valence-electron chi connectivity index (χ1n) is 7.20. The van der Waals surface area contributed by atoms with Crippen LogP contribution in [-0.2, 0) is 13.0 Å². The van der Waals surface area contributed by atoms with Crippen molar-refractivity contribution >= 4 is 26.8 Å². The molecule has 2 N–H and O–H groups in total. The second-order valence-electron chi connectivity index (χ2n) is 5.61. The molecule has 3 rings (SSSR count). The van der Waals surface area contributed by atoms with Gasteiger partial charge in [-0.2, -0.15) is 0 Å². The highest BCUT2D eigenvalue weighted by Gasteiger charge is 2.08. The summed E-state index contributed by atoms with van der Waals surface area (Å²) in [6, 6.07) is 17.3. The molecule has 0 saturated heterocycles. The normalized spacial score (nSPS) is 12.7. The molecule has 2 nitrogen and oxygen atoms in total. The second kappa shape index (κ2) is 6.04. The summed E-state index contributed by atoms with van der Waals surface area (Å²) < 4.78 is 3.43. The van der Waals surface area contributed by atoms with E-state index < -0.39 is 0 Å². The van der Waals surface area contributed by atoms with E-state index in [4.69, 9.17) is 5.73 Å². The largest absolute Gasteiger partial charge is 0.343 e. The van der Waals surface area contributed by atoms with Gasteiger partial charge in [0.25, 0.3) is 0 Å². The van der Waals surface area contributed by atoms with Crippen LogP contribution >= 0.6 is 15.9 Å². The lowest BCUT2D eigenvalue weighted by molar-refractivity contribution is 0.735. The number of fused-ring (bicyclic) bond motifs is 1. The molecular formula is C18H19BrN2. The maximum Gasteiger partial charge on any atom is 0.0516 e. The third kappa shape index (κ3) is 3.20. The van der Waals surface area contributed by atoms with Crippen LogP contribution in [0.2, 0.25) is 0 Å². The summed E-state index contributed by atoms with van der Waals surface area (Å²) in [5, 5.41) is 1.28. The van der Waals surface area contributed by atoms with Crippen LogP contribution in [0.15, 0.2) is 59.2 Å². The van der Waals surface area contributed by atoms with Gasteiger partial charge in [0, 0.05) is 23.3 Å². The van der Waals surface area contributed by atoms with Crippen LogP contribution in [0.3, 0.4) is 0 Å². The fourth-order valence-corrected chi connectivity index (χ4v) is 3.03. The van der Waals surface area contributed by atoms with Crippen LogP contribution in [0.1, 0.15) is 18.1 Å². The molecule has 0 aliphatic rings. The average Bonchev–Trinajstić information content (AvgIpc) is 2.85. The molecule has 0 spiro atoms. The molecular weight excluding hydrogens is 324 g/mol. The molecule has 3 aromatic rings. The maximum absolute atomic E-state index is 5.99. The Kier molecular flexibility index (Phi) is 4.13. The van der Waals surface area contributed by atoms with Gasteiger partial charge in [-0.05, 0) is 48.1 Å². The molecule has 1 aromatic heterocycles. The first kappa shape index (κ1) is 14.4. The molecule has 0 saturated carbocycles. The van der Waals surface area contributed by atoms with Crippen molar-refractivity contribution in [3.8, 4) is 0 Å². The van der Waals surface area contributed by atoms with Crippen molar-refractivity contribution in [2.75, 3.05) is 0 Å². The van der Waals surface area contributed by atoms with E-state index in [1.54, 1.807) is 0 Å². The number of benzene rings is 2. The third-order valence-corrected chi connectivity index (χ3v) is 4.21. The quantitative estimate of drug-likeness (QED) is 0.751. The van der Waals surface area contributed by atoms with Gasteiger partial charge in [0.1, 0.15) is 0 Å². The molecule has 0 aliphatic carbocycles. The van der Waals surface area contributed by atoms with Crippen LogP contribution in [0, 0.1) is 0 Å². The second-order valence-corrected chi connectivity index (χ2v) is 6.52. The number of hydrogen-bond acceptors (Lipinski definition) is 1. The van der Waals surface area contributed by atoms with Gasteiger partial charge in [0.15, 0.2) is 0 Å². The highest BCUT2D eigenvalue weighted by molar-refractivity contribution is 9.10. The Morgan fingerprint density at radius 2 is 1.86 bits per heavy atom. The summed E-state index contributed by atoms with van der Waals surface area (Å²) in [6.07, 6.45) is 3.07. The Morgan fingerprint density at radius 3 is 2.57 bits per heavy atom. The van der Waals surface area contributed by atoms with Gasteiger partial charge in [0.05, 0.1) is 5.52 Å². The molecule has 1 atom stereocenters. The molecule has 108 valence electrons. The number of nitrogens with zero attached hydrogens (tertiary/aromatic N) is 1. The van der Waals surface area contributed by atoms with Crippen LogP contribution < -0.4 is 5.73 Å². The zero-order chi connectivity index (χ0) is 14.8. The minimum absolute atomic E-state index is 0.173. The van der Waals surface area contributed by atoms with E-state index in [0.29, 0.717) is 0 Å². The Hall–Kier alpha value is -1.58. The van der Waals surface area contributed by atoms with Gasteiger partial charge >= 0.3 is 0 Å². The first-order chi connectivity index (χ1) is 10.1. The Bertz CT molecular complexity index is 742. The van der Waals surface area contributed by atoms with Crippen LogP contribution in [0.5, 0.6) is 0 Å². The smallest absolute Gasteiger partial charge is 0.0516 e. The van der Waals surface area contributed by atoms with Gasteiger partial charge in [0.2, 0.25) is 0 Å². The molecule has 1 unspecified atom stereocenters. The molecule has 3 heteroatoms. The van der Waals surface area contributed by atoms with Crippen molar-refractivity contribution in [3.63, 3.8) is 0 Å². The van der Waals surface area contributed by atoms with E-state index in [-0.39, 0.29) is 6.04 Å². The molecule has 0 amide bonds. The molecule has 21 heavy (non-hydrogen) atoms. The van der Waals surface area contributed by atoms with E-state index in [9.17, 15) is 0 Å². The van der Waals surface area contributed by atoms with Crippen LogP contribution in [0.4, 0.5) is 0 Å². The van der Waals surface area contributed by atoms with E-state index in [2.05, 4.69) is 82.1 Å². The minimum atomic E-state index is 0.173. The number of halogens is 1. The number of aromatic nitrogens is 1. The van der Waals surface area contributed by atoms with Gasteiger partial charge in [-0.1, -0.05) is 46.3 Å². The number of nitrogens with two attached hydrogens (primary N) is 1. The molecule has 0 radical (unpaired) electrons. The SMILES string of the molecule is CC(N)Cc1cccc2ccn(Cc3ccc(Br)cc3)c12. The third-order valence-electron chi connectivity index (χ3n) is 3.68. The predicted molar refractivity (Wildman–Crippen MR) is 92.5 cm³/mol. The van der Waals surface area contributed by atoms with Gasteiger partial charge in [-0.3, -0.25) is 0 Å². The van der Waals surface area contributed by atoms with Crippen LogP contribution in [0.25, 0.3) is 10.9 Å². The predicted octanol–water partition coefficient (Wildman–Crippen LogP) is 4.34. The molecule has 0 fully saturated rings. The van der Waals surface area contributed by atoms with Gasteiger partial charge in [-0.25, -0.2) is 0 Å². The average molecular weight is 343 g/mol. The van der Waals surface area contributed by atoms with Gasteiger partial charge in [-0.15, -0.1) is 0 Å². The number of para-hydroxylation sites is 1. The van der Waals surface area contributed by atoms with E-state index in [1.807, 2.05) is 0 Å². The zero-order valence-corrected chi connectivity index (χ0v) is 13.7. The summed E-state index contributed by atoms with van der Waals surface area (Å²) in [4.78, 5) is 0. The fraction of sp³-hybridized carbons (Fsp3) is 0.222. The van der Waals surface area contributed by atoms with Crippen LogP contribution in [-0.4, -0.2) is 10.6 Å². The molecule has 1 heterocycles. The highest BCUT2D eigenvalue weighted by Crippen LogP contribution is 2.23. The van der Waals surface area contributed by atoms with E-state index in [1.165, 1.54) is 22.0 Å². The lowest BCUT2D eigenvalue weighted by Gasteiger charge is -2.12. The highest BCUT2D eigenvalue weighted by atomic mass is 79.9. The van der Waals surface area contributed by atoms with Crippen molar-refractivity contribution in [2.24, 2.45) is 5.73 Å². The van der Waals surface area contributed by atoms with Gasteiger partial charge < -0.3 is 10.3 Å². The Labute approximate surface area is 133 Å². The monoisotopic (exact) mass is 342 g/mol. The summed E-state index contributed by atoms with van der Waals surface area (Å²) in [5.74, 6) is 0. The molecule has 0 bridgehead atoms. The molecule has 2 aromatic carbocycles. The standard InChI is InChI=1S/C18H19BrN2/c1-13(20)11-16-4-2-3-15-9-10-21(18(15)16)12-14-5-7-17(19)8-6-14/h2-10,13H,11-12,20H2,1H3. The van der Waals surface area contributed by atoms with Crippen molar-refractivity contribution in [3.05, 3.63) is 70.3 Å². The zero-order valence-electron chi connectivity index (χ0n) is 12.1. The van der Waals surface area contributed by atoms with E-state index >= 15 is 0 Å². The summed E-state index contributed by atoms with van der Waals surface area (Å²) >= 11 is 3.48. The maximum atomic E-state index is 5.99. The van der Waals surface area contributed by atoms with E-state index in [0.717, 1.165) is 17.4 Å². The lowest BCUT2D eigenvalue weighted by Crippen LogP contribution is -2.18. The Balaban J connectivity index is 2.00. The number of rotatable bonds is 4. The van der Waals surface area contributed by atoms with Crippen molar-refractivity contribution < 1.29 is 0 Å². The number of hydrogen-bond donors (Lipinski definition) is 1. The fourth-order valence-electron chi connectivity index (χ4n) is 2.77. The Morgan fingerprint density at radius 1 is 1.10 bits per heavy atom. The topological polar surface area (TPSA) is 30.9 Å². The van der Waals surface area contributed by atoms with Crippen molar-refractivity contribution in [1.82, 2.24) is 4.57 Å². The summed E-state index contributed by atoms with van der Waals surface area (Å²) in [7, 11) is 0. The van der Waals surface area contributed by atoms with Crippen molar-refractivity contribution in [1.29, 1.82) is 0 Å². The lowest BCUT2D eigenvalue weighted by atomic mass is 10.0. The minimum Gasteiger partial charge on any atom is -0.343 e. The molecule has 0 aliphatic heterocycles. The first-order valence-corrected chi connectivity index (χ1v) is 7.99. The van der Waals surface area contributed by atoms with Crippen molar-refractivity contribution in [2.45, 2.75) is 25.9 Å².